The molecule has 38 heavy (non-hydrogen) atoms. The van der Waals surface area contributed by atoms with E-state index in [2.05, 4.69) is 25.0 Å². The van der Waals surface area contributed by atoms with E-state index in [0.717, 1.165) is 38.5 Å². The van der Waals surface area contributed by atoms with Crippen molar-refractivity contribution >= 4 is 18.2 Å². The Labute approximate surface area is 235 Å². The molecule has 0 aliphatic rings. The highest BCUT2D eigenvalue weighted by atomic mass is 32.3. The molecule has 232 valence electrons. The van der Waals surface area contributed by atoms with Gasteiger partial charge in [-0.1, -0.05) is 143 Å². The fourth-order valence-electron chi connectivity index (χ4n) is 3.92. The Morgan fingerprint density at radius 1 is 0.500 bits per heavy atom. The first-order valence-electron chi connectivity index (χ1n) is 15.4. The van der Waals surface area contributed by atoms with Crippen LogP contribution in [0.4, 0.5) is 0 Å². The molecule has 0 saturated carbocycles. The summed E-state index contributed by atoms with van der Waals surface area (Å²) in [6.07, 6.45) is 25.4. The van der Waals surface area contributed by atoms with Gasteiger partial charge in [-0.2, -0.15) is 8.42 Å². The zero-order valence-corrected chi connectivity index (χ0v) is 26.6. The molecule has 0 spiro atoms. The number of unbranched alkanes of at least 4 members (excludes halogenated alkanes) is 19. The minimum atomic E-state index is -4.23. The number of hydrogen-bond donors (Lipinski definition) is 2. The Hall–Kier alpha value is -0.0200. The minimum absolute atomic E-state index is 0.0926. The van der Waals surface area contributed by atoms with E-state index in [1.165, 1.54) is 96.3 Å². The lowest BCUT2D eigenvalue weighted by Crippen LogP contribution is -2.04. The molecule has 0 fully saturated rings. The third-order valence-corrected chi connectivity index (χ3v) is 7.72. The molecule has 0 radical (unpaired) electrons. The lowest BCUT2D eigenvalue weighted by Gasteiger charge is -2.12. The zero-order chi connectivity index (χ0) is 28.8. The summed E-state index contributed by atoms with van der Waals surface area (Å²) in [7, 11) is -8.05. The molecule has 0 amide bonds. The molecule has 0 aromatic carbocycles. The Balaban J connectivity index is 0. The standard InChI is InChI=1S/C16H35O4P.C12H26O4S/c1-3-5-7-9-11-13-15-19-21(17,18)20-16-14-12-10-8-6-4-2;1-2-3-4-5-6-7-8-9-10-11-12-16-17(13,14)15/h3-16H2,1-2H3,(H,17,18);2-12H2,1H3,(H,13,14,15). The second kappa shape index (κ2) is 30.0. The molecule has 0 saturated heterocycles. The van der Waals surface area contributed by atoms with E-state index in [9.17, 15) is 17.9 Å². The summed E-state index contributed by atoms with van der Waals surface area (Å²) in [4.78, 5) is 9.51. The van der Waals surface area contributed by atoms with Crippen molar-refractivity contribution in [2.24, 2.45) is 0 Å². The molecule has 0 unspecified atom stereocenters. The second-order valence-electron chi connectivity index (χ2n) is 10.1. The van der Waals surface area contributed by atoms with Crippen LogP contribution < -0.4 is 0 Å². The molecule has 0 rings (SSSR count). The molecule has 0 aromatic heterocycles. The van der Waals surface area contributed by atoms with Crippen LogP contribution >= 0.6 is 7.82 Å². The van der Waals surface area contributed by atoms with Crippen molar-refractivity contribution in [3.8, 4) is 0 Å². The van der Waals surface area contributed by atoms with Crippen LogP contribution in [0.5, 0.6) is 0 Å². The SMILES string of the molecule is CCCCCCCCCCCCOS(=O)(=O)O.CCCCCCCCOP(=O)(O)OCCCCCCCC. The molecule has 0 aromatic rings. The molecule has 0 bridgehead atoms. The molecule has 0 aliphatic heterocycles. The largest absolute Gasteiger partial charge is 0.472 e. The maximum absolute atomic E-state index is 11.6. The van der Waals surface area contributed by atoms with E-state index in [-0.39, 0.29) is 6.61 Å². The number of phosphoric acid groups is 1. The van der Waals surface area contributed by atoms with Gasteiger partial charge in [0, 0.05) is 0 Å². The average Bonchev–Trinajstić information content (AvgIpc) is 2.86. The Morgan fingerprint density at radius 2 is 0.763 bits per heavy atom. The summed E-state index contributed by atoms with van der Waals surface area (Å²) < 4.78 is 54.5. The van der Waals surface area contributed by atoms with Crippen molar-refractivity contribution in [2.45, 2.75) is 162 Å². The predicted octanol–water partition coefficient (Wildman–Crippen LogP) is 9.57. The van der Waals surface area contributed by atoms with Crippen LogP contribution in [0.15, 0.2) is 0 Å². The monoisotopic (exact) mass is 588 g/mol. The van der Waals surface area contributed by atoms with Gasteiger partial charge in [0.15, 0.2) is 0 Å². The smallest absolute Gasteiger partial charge is 0.302 e. The number of phosphoric ester groups is 1. The molecular formula is C28H61O8PS. The molecule has 0 atom stereocenters. The molecule has 0 heterocycles. The van der Waals surface area contributed by atoms with Crippen molar-refractivity contribution in [1.29, 1.82) is 0 Å². The van der Waals surface area contributed by atoms with E-state index >= 15 is 0 Å². The van der Waals surface area contributed by atoms with Crippen molar-refractivity contribution in [3.63, 3.8) is 0 Å². The van der Waals surface area contributed by atoms with E-state index < -0.39 is 18.2 Å². The highest BCUT2D eigenvalue weighted by Crippen LogP contribution is 2.43. The average molecular weight is 589 g/mol. The van der Waals surface area contributed by atoms with Gasteiger partial charge in [-0.15, -0.1) is 0 Å². The van der Waals surface area contributed by atoms with Gasteiger partial charge in [0.05, 0.1) is 19.8 Å². The highest BCUT2D eigenvalue weighted by molar-refractivity contribution is 7.80. The summed E-state index contributed by atoms with van der Waals surface area (Å²) in [6, 6.07) is 0. The fraction of sp³-hybridized carbons (Fsp3) is 1.00. The van der Waals surface area contributed by atoms with Crippen molar-refractivity contribution < 1.29 is 35.7 Å². The molecule has 0 aliphatic carbocycles. The van der Waals surface area contributed by atoms with Crippen molar-refractivity contribution in [1.82, 2.24) is 0 Å². The Morgan fingerprint density at radius 3 is 1.05 bits per heavy atom. The van der Waals surface area contributed by atoms with Gasteiger partial charge in [0.25, 0.3) is 0 Å². The van der Waals surface area contributed by atoms with Gasteiger partial charge in [0.1, 0.15) is 0 Å². The second-order valence-corrected chi connectivity index (χ2v) is 12.6. The first kappa shape index (κ1) is 40.1. The predicted molar refractivity (Wildman–Crippen MR) is 158 cm³/mol. The number of rotatable bonds is 28. The lowest BCUT2D eigenvalue weighted by molar-refractivity contribution is 0.145. The van der Waals surface area contributed by atoms with Gasteiger partial charge in [-0.25, -0.2) is 8.75 Å². The van der Waals surface area contributed by atoms with Crippen LogP contribution in [0.1, 0.15) is 162 Å². The summed E-state index contributed by atoms with van der Waals surface area (Å²) in [6.45, 7) is 7.31. The van der Waals surface area contributed by atoms with Crippen LogP contribution in [-0.4, -0.2) is 37.7 Å². The third kappa shape index (κ3) is 38.1. The van der Waals surface area contributed by atoms with Gasteiger partial charge < -0.3 is 4.89 Å². The molecule has 8 nitrogen and oxygen atoms in total. The summed E-state index contributed by atoms with van der Waals surface area (Å²) in [5.41, 5.74) is 0. The maximum Gasteiger partial charge on any atom is 0.472 e. The van der Waals surface area contributed by atoms with Crippen LogP contribution in [0.25, 0.3) is 0 Å². The summed E-state index contributed by atoms with van der Waals surface area (Å²) in [5, 5.41) is 0. The first-order chi connectivity index (χ1) is 18.2. The summed E-state index contributed by atoms with van der Waals surface area (Å²) in [5.74, 6) is 0. The quantitative estimate of drug-likeness (QED) is 0.0527. The number of hydrogen-bond acceptors (Lipinski definition) is 6. The van der Waals surface area contributed by atoms with Gasteiger partial charge in [0.2, 0.25) is 0 Å². The zero-order valence-electron chi connectivity index (χ0n) is 24.9. The van der Waals surface area contributed by atoms with Gasteiger partial charge >= 0.3 is 18.2 Å². The van der Waals surface area contributed by atoms with Crippen LogP contribution in [0.3, 0.4) is 0 Å². The van der Waals surface area contributed by atoms with Gasteiger partial charge in [-0.05, 0) is 19.3 Å². The van der Waals surface area contributed by atoms with Crippen LogP contribution in [-0.2, 0) is 28.2 Å². The van der Waals surface area contributed by atoms with Crippen molar-refractivity contribution in [2.75, 3.05) is 19.8 Å². The Kier molecular flexibility index (Phi) is 31.6. The van der Waals surface area contributed by atoms with E-state index in [4.69, 9.17) is 13.6 Å². The van der Waals surface area contributed by atoms with E-state index in [1.807, 2.05) is 0 Å². The van der Waals surface area contributed by atoms with Gasteiger partial charge in [-0.3, -0.25) is 13.6 Å². The van der Waals surface area contributed by atoms with Crippen LogP contribution in [0, 0.1) is 0 Å². The van der Waals surface area contributed by atoms with E-state index in [1.54, 1.807) is 0 Å². The van der Waals surface area contributed by atoms with Crippen molar-refractivity contribution in [3.05, 3.63) is 0 Å². The minimum Gasteiger partial charge on any atom is -0.302 e. The van der Waals surface area contributed by atoms with E-state index in [0.29, 0.717) is 19.6 Å². The van der Waals surface area contributed by atoms with Crippen LogP contribution in [0.2, 0.25) is 0 Å². The third-order valence-electron chi connectivity index (χ3n) is 6.23. The molecular weight excluding hydrogens is 527 g/mol. The highest BCUT2D eigenvalue weighted by Gasteiger charge is 2.19. The fourth-order valence-corrected chi connectivity index (χ4v) is 5.04. The normalized spacial score (nSPS) is 11.9. The first-order valence-corrected chi connectivity index (χ1v) is 18.3. The lowest BCUT2D eigenvalue weighted by atomic mass is 10.1. The Bertz CT molecular complexity index is 594. The topological polar surface area (TPSA) is 119 Å². The summed E-state index contributed by atoms with van der Waals surface area (Å²) >= 11 is 0. The molecule has 10 heteroatoms. The maximum atomic E-state index is 11.6. The molecule has 2 N–H and O–H groups in total.